The highest BCUT2D eigenvalue weighted by atomic mass is 32.2. The molecule has 4 nitrogen and oxygen atoms in total. The maximum atomic E-state index is 12.0. The highest BCUT2D eigenvalue weighted by molar-refractivity contribution is 7.91. The van der Waals surface area contributed by atoms with Crippen molar-refractivity contribution in [2.75, 3.05) is 0 Å². The number of H-pyrrole nitrogens is 1. The van der Waals surface area contributed by atoms with Crippen LogP contribution < -0.4 is 5.73 Å². The summed E-state index contributed by atoms with van der Waals surface area (Å²) in [5, 5.41) is 0.585. The molecule has 0 fully saturated rings. The smallest absolute Gasteiger partial charge is 0.156 e. The van der Waals surface area contributed by atoms with Crippen molar-refractivity contribution in [2.45, 2.75) is 31.4 Å². The third kappa shape index (κ3) is 2.42. The van der Waals surface area contributed by atoms with Gasteiger partial charge in [0.15, 0.2) is 9.84 Å². The minimum Gasteiger partial charge on any atom is -0.361 e. The van der Waals surface area contributed by atoms with Crippen LogP contribution in [0.4, 0.5) is 0 Å². The predicted octanol–water partition coefficient (Wildman–Crippen LogP) is 1.95. The van der Waals surface area contributed by atoms with E-state index in [9.17, 15) is 8.42 Å². The number of benzene rings is 1. The summed E-state index contributed by atoms with van der Waals surface area (Å²) in [5.41, 5.74) is 8.37. The molecular formula is C13H18N2O2S. The Kier molecular flexibility index (Phi) is 3.45. The molecule has 1 heterocycles. The van der Waals surface area contributed by atoms with Crippen LogP contribution in [0.1, 0.15) is 25.0 Å². The van der Waals surface area contributed by atoms with E-state index >= 15 is 0 Å². The van der Waals surface area contributed by atoms with Crippen LogP contribution in [0.5, 0.6) is 0 Å². The van der Waals surface area contributed by atoms with Gasteiger partial charge < -0.3 is 10.7 Å². The normalized spacial score (nSPS) is 12.4. The summed E-state index contributed by atoms with van der Waals surface area (Å²) in [5.74, 6) is 0.0681. The van der Waals surface area contributed by atoms with Crippen LogP contribution in [0, 0.1) is 0 Å². The van der Waals surface area contributed by atoms with E-state index in [-0.39, 0.29) is 11.0 Å². The van der Waals surface area contributed by atoms with E-state index in [1.807, 2.05) is 18.2 Å². The first kappa shape index (κ1) is 13.1. The topological polar surface area (TPSA) is 76.0 Å². The minimum absolute atomic E-state index is 0.0681. The van der Waals surface area contributed by atoms with Gasteiger partial charge in [0, 0.05) is 23.6 Å². The van der Waals surface area contributed by atoms with Crippen LogP contribution >= 0.6 is 0 Å². The van der Waals surface area contributed by atoms with Crippen molar-refractivity contribution in [1.29, 1.82) is 0 Å². The fourth-order valence-corrected chi connectivity index (χ4v) is 2.86. The molecule has 1 aromatic carbocycles. The molecular weight excluding hydrogens is 248 g/mol. The largest absolute Gasteiger partial charge is 0.361 e. The van der Waals surface area contributed by atoms with Gasteiger partial charge in [-0.1, -0.05) is 6.07 Å². The molecule has 98 valence electrons. The third-order valence-corrected chi connectivity index (χ3v) is 5.29. The first-order valence-electron chi connectivity index (χ1n) is 5.94. The molecule has 0 radical (unpaired) electrons. The molecule has 0 saturated heterocycles. The summed E-state index contributed by atoms with van der Waals surface area (Å²) >= 11 is 0. The van der Waals surface area contributed by atoms with E-state index in [4.69, 9.17) is 5.73 Å². The molecule has 1 aromatic heterocycles. The van der Waals surface area contributed by atoms with E-state index in [0.29, 0.717) is 6.54 Å². The molecule has 18 heavy (non-hydrogen) atoms. The fraction of sp³-hybridized carbons (Fsp3) is 0.385. The number of nitrogens with two attached hydrogens (primary N) is 1. The number of fused-ring (bicyclic) bond motifs is 1. The lowest BCUT2D eigenvalue weighted by atomic mass is 10.1. The van der Waals surface area contributed by atoms with Crippen molar-refractivity contribution in [3.05, 3.63) is 35.5 Å². The predicted molar refractivity (Wildman–Crippen MR) is 73.9 cm³/mol. The van der Waals surface area contributed by atoms with Crippen LogP contribution in [-0.2, 0) is 22.1 Å². The number of sulfone groups is 1. The summed E-state index contributed by atoms with van der Waals surface area (Å²) in [6, 6.07) is 5.83. The molecule has 3 N–H and O–H groups in total. The van der Waals surface area contributed by atoms with E-state index in [0.717, 1.165) is 22.0 Å². The second-order valence-electron chi connectivity index (χ2n) is 4.75. The average Bonchev–Trinajstić information content (AvgIpc) is 2.71. The number of aromatic amines is 1. The number of rotatable bonds is 4. The molecule has 2 rings (SSSR count). The zero-order valence-corrected chi connectivity index (χ0v) is 11.4. The van der Waals surface area contributed by atoms with E-state index in [1.165, 1.54) is 0 Å². The van der Waals surface area contributed by atoms with Gasteiger partial charge in [0.25, 0.3) is 0 Å². The molecule has 0 bridgehead atoms. The number of nitrogens with one attached hydrogen (secondary N) is 1. The SMILES string of the molecule is CC(C)S(=O)(=O)Cc1c[nH]c2ccc(CN)cc12. The average molecular weight is 266 g/mol. The standard InChI is InChI=1S/C13H18N2O2S/c1-9(2)18(16,17)8-11-7-15-13-4-3-10(6-14)5-12(11)13/h3-5,7,9,15H,6,8,14H2,1-2H3. The summed E-state index contributed by atoms with van der Waals surface area (Å²) in [4.78, 5) is 3.10. The first-order valence-corrected chi connectivity index (χ1v) is 7.66. The van der Waals surface area contributed by atoms with Gasteiger partial charge in [-0.15, -0.1) is 0 Å². The van der Waals surface area contributed by atoms with Crippen molar-refractivity contribution in [3.63, 3.8) is 0 Å². The lowest BCUT2D eigenvalue weighted by molar-refractivity contribution is 0.586. The van der Waals surface area contributed by atoms with Gasteiger partial charge >= 0.3 is 0 Å². The van der Waals surface area contributed by atoms with Crippen molar-refractivity contribution in [3.8, 4) is 0 Å². The quantitative estimate of drug-likeness (QED) is 0.888. The summed E-state index contributed by atoms with van der Waals surface area (Å²) in [6.07, 6.45) is 1.77. The summed E-state index contributed by atoms with van der Waals surface area (Å²) in [7, 11) is -3.08. The van der Waals surface area contributed by atoms with Crippen LogP contribution in [0.2, 0.25) is 0 Å². The highest BCUT2D eigenvalue weighted by Crippen LogP contribution is 2.22. The fourth-order valence-electron chi connectivity index (χ4n) is 1.86. The number of hydrogen-bond donors (Lipinski definition) is 2. The Bertz CT molecular complexity index is 657. The molecule has 0 amide bonds. The van der Waals surface area contributed by atoms with Crippen LogP contribution in [0.25, 0.3) is 10.9 Å². The Morgan fingerprint density at radius 2 is 2.06 bits per heavy atom. The zero-order valence-electron chi connectivity index (χ0n) is 10.6. The van der Waals surface area contributed by atoms with Crippen LogP contribution in [0.15, 0.2) is 24.4 Å². The number of aromatic nitrogens is 1. The monoisotopic (exact) mass is 266 g/mol. The Hall–Kier alpha value is -1.33. The lowest BCUT2D eigenvalue weighted by Gasteiger charge is -2.07. The molecule has 0 aliphatic carbocycles. The van der Waals surface area contributed by atoms with Crippen LogP contribution in [-0.4, -0.2) is 18.7 Å². The van der Waals surface area contributed by atoms with Gasteiger partial charge in [0.1, 0.15) is 0 Å². The minimum atomic E-state index is -3.08. The van der Waals surface area contributed by atoms with E-state index in [1.54, 1.807) is 20.0 Å². The Balaban J connectivity index is 2.46. The molecule has 0 aliphatic rings. The molecule has 0 atom stereocenters. The van der Waals surface area contributed by atoms with Gasteiger partial charge in [-0.3, -0.25) is 0 Å². The molecule has 0 aliphatic heterocycles. The van der Waals surface area contributed by atoms with Gasteiger partial charge in [-0.25, -0.2) is 8.42 Å². The Morgan fingerprint density at radius 1 is 1.33 bits per heavy atom. The zero-order chi connectivity index (χ0) is 13.3. The van der Waals surface area contributed by atoms with Gasteiger partial charge in [0.05, 0.1) is 11.0 Å². The van der Waals surface area contributed by atoms with Crippen molar-refractivity contribution in [2.24, 2.45) is 5.73 Å². The lowest BCUT2D eigenvalue weighted by Crippen LogP contribution is -2.15. The summed E-state index contributed by atoms with van der Waals surface area (Å²) < 4.78 is 23.9. The molecule has 2 aromatic rings. The maximum Gasteiger partial charge on any atom is 0.156 e. The molecule has 0 saturated carbocycles. The highest BCUT2D eigenvalue weighted by Gasteiger charge is 2.18. The van der Waals surface area contributed by atoms with Gasteiger partial charge in [0.2, 0.25) is 0 Å². The summed E-state index contributed by atoms with van der Waals surface area (Å²) in [6.45, 7) is 3.86. The van der Waals surface area contributed by atoms with Crippen molar-refractivity contribution in [1.82, 2.24) is 4.98 Å². The van der Waals surface area contributed by atoms with Gasteiger partial charge in [-0.2, -0.15) is 0 Å². The second-order valence-corrected chi connectivity index (χ2v) is 7.31. The van der Waals surface area contributed by atoms with Crippen molar-refractivity contribution < 1.29 is 8.42 Å². The Labute approximate surface area is 107 Å². The third-order valence-electron chi connectivity index (χ3n) is 3.14. The van der Waals surface area contributed by atoms with Crippen molar-refractivity contribution >= 4 is 20.7 Å². The number of hydrogen-bond acceptors (Lipinski definition) is 3. The Morgan fingerprint density at radius 3 is 2.67 bits per heavy atom. The molecule has 0 spiro atoms. The van der Waals surface area contributed by atoms with E-state index < -0.39 is 9.84 Å². The maximum absolute atomic E-state index is 12.0. The van der Waals surface area contributed by atoms with E-state index in [2.05, 4.69) is 4.98 Å². The second kappa shape index (κ2) is 4.74. The van der Waals surface area contributed by atoms with Gasteiger partial charge in [-0.05, 0) is 37.1 Å². The molecule has 5 heteroatoms. The molecule has 0 unspecified atom stereocenters. The first-order chi connectivity index (χ1) is 8.44. The van der Waals surface area contributed by atoms with Crippen LogP contribution in [0.3, 0.4) is 0 Å².